The minimum atomic E-state index is -0.748. The third-order valence-corrected chi connectivity index (χ3v) is 5.26. The van der Waals surface area contributed by atoms with E-state index in [-0.39, 0.29) is 23.4 Å². The van der Waals surface area contributed by atoms with Crippen LogP contribution in [0.4, 0.5) is 8.78 Å². The smallest absolute Gasteiger partial charge is 0.271 e. The van der Waals surface area contributed by atoms with Gasteiger partial charge >= 0.3 is 0 Å². The van der Waals surface area contributed by atoms with Crippen LogP contribution < -0.4 is 5.32 Å². The van der Waals surface area contributed by atoms with Gasteiger partial charge in [0.1, 0.15) is 11.5 Å². The number of hydrogen-bond acceptors (Lipinski definition) is 4. The first kappa shape index (κ1) is 17.8. The van der Waals surface area contributed by atoms with E-state index in [9.17, 15) is 13.6 Å². The fourth-order valence-corrected chi connectivity index (χ4v) is 3.76. The number of benzene rings is 1. The second kappa shape index (κ2) is 7.58. The fraction of sp³-hybridized carbons (Fsp3) is 0.263. The molecular formula is C19H17F2N3O2S. The lowest BCUT2D eigenvalue weighted by Gasteiger charge is -2.09. The van der Waals surface area contributed by atoms with Crippen LogP contribution in [0, 0.1) is 11.6 Å². The van der Waals surface area contributed by atoms with Crippen molar-refractivity contribution in [3.8, 4) is 16.3 Å². The molecule has 1 aliphatic rings. The standard InChI is InChI=1S/C19H17F2N3O2S/c20-12-5-6-16(14(21)9-12)24-17(18-4-2-8-27-18)10-15(23-24)19(25)22-11-13-3-1-7-26-13/h2,4-6,8-10,13H,1,3,7,11H2,(H,22,25)/t13-/m0/s1. The Morgan fingerprint density at radius 2 is 2.22 bits per heavy atom. The van der Waals surface area contributed by atoms with Gasteiger partial charge in [0.15, 0.2) is 11.5 Å². The van der Waals surface area contributed by atoms with Crippen molar-refractivity contribution in [2.45, 2.75) is 18.9 Å². The van der Waals surface area contributed by atoms with Gasteiger partial charge in [0, 0.05) is 19.2 Å². The van der Waals surface area contributed by atoms with Crippen molar-refractivity contribution in [3.05, 3.63) is 59.1 Å². The van der Waals surface area contributed by atoms with E-state index in [1.165, 1.54) is 22.1 Å². The first-order valence-corrected chi connectivity index (χ1v) is 9.49. The van der Waals surface area contributed by atoms with Gasteiger partial charge in [-0.05, 0) is 42.5 Å². The summed E-state index contributed by atoms with van der Waals surface area (Å²) < 4.78 is 34.4. The highest BCUT2D eigenvalue weighted by Gasteiger charge is 2.21. The zero-order valence-corrected chi connectivity index (χ0v) is 15.1. The summed E-state index contributed by atoms with van der Waals surface area (Å²) in [7, 11) is 0. The summed E-state index contributed by atoms with van der Waals surface area (Å²) in [6, 6.07) is 8.59. The number of carbonyl (C=O) groups is 1. The largest absolute Gasteiger partial charge is 0.376 e. The molecule has 3 heterocycles. The Kier molecular flexibility index (Phi) is 5.00. The van der Waals surface area contributed by atoms with Crippen molar-refractivity contribution in [1.29, 1.82) is 0 Å². The van der Waals surface area contributed by atoms with Crippen LogP contribution in [0.1, 0.15) is 23.3 Å². The van der Waals surface area contributed by atoms with E-state index >= 15 is 0 Å². The van der Waals surface area contributed by atoms with Gasteiger partial charge < -0.3 is 10.1 Å². The Labute approximate surface area is 158 Å². The number of halogens is 2. The Hall–Kier alpha value is -2.58. The lowest BCUT2D eigenvalue weighted by atomic mass is 10.2. The van der Waals surface area contributed by atoms with Crippen molar-refractivity contribution in [1.82, 2.24) is 15.1 Å². The number of rotatable bonds is 5. The number of aromatic nitrogens is 2. The molecule has 27 heavy (non-hydrogen) atoms. The van der Waals surface area contributed by atoms with Crippen molar-refractivity contribution in [3.63, 3.8) is 0 Å². The molecule has 140 valence electrons. The summed E-state index contributed by atoms with van der Waals surface area (Å²) in [5.41, 5.74) is 0.816. The van der Waals surface area contributed by atoms with Gasteiger partial charge in [-0.15, -0.1) is 11.3 Å². The molecule has 0 saturated carbocycles. The average molecular weight is 389 g/mol. The zero-order valence-electron chi connectivity index (χ0n) is 14.3. The van der Waals surface area contributed by atoms with Gasteiger partial charge in [-0.1, -0.05) is 6.07 Å². The van der Waals surface area contributed by atoms with E-state index in [1.807, 2.05) is 17.5 Å². The third-order valence-electron chi connectivity index (χ3n) is 4.37. The molecule has 0 aliphatic carbocycles. The lowest BCUT2D eigenvalue weighted by Crippen LogP contribution is -2.32. The maximum atomic E-state index is 14.3. The predicted octanol–water partition coefficient (Wildman–Crippen LogP) is 3.79. The first-order chi connectivity index (χ1) is 13.1. The van der Waals surface area contributed by atoms with Gasteiger partial charge in [-0.2, -0.15) is 5.10 Å². The average Bonchev–Trinajstić information content (AvgIpc) is 3.39. The maximum absolute atomic E-state index is 14.3. The van der Waals surface area contributed by atoms with Crippen LogP contribution in [0.5, 0.6) is 0 Å². The Morgan fingerprint density at radius 3 is 2.93 bits per heavy atom. The van der Waals surface area contributed by atoms with E-state index in [0.29, 0.717) is 18.8 Å². The summed E-state index contributed by atoms with van der Waals surface area (Å²) in [5.74, 6) is -1.78. The zero-order chi connectivity index (χ0) is 18.8. The number of amides is 1. The predicted molar refractivity (Wildman–Crippen MR) is 98.1 cm³/mol. The molecule has 3 aromatic rings. The molecule has 2 aromatic heterocycles. The lowest BCUT2D eigenvalue weighted by molar-refractivity contribution is 0.0853. The number of nitrogens with zero attached hydrogens (tertiary/aromatic N) is 2. The quantitative estimate of drug-likeness (QED) is 0.722. The van der Waals surface area contributed by atoms with Crippen LogP contribution in [-0.2, 0) is 4.74 Å². The first-order valence-electron chi connectivity index (χ1n) is 8.61. The van der Waals surface area contributed by atoms with Gasteiger partial charge in [0.05, 0.1) is 16.7 Å². The van der Waals surface area contributed by atoms with Gasteiger partial charge in [0.2, 0.25) is 0 Å². The van der Waals surface area contributed by atoms with Crippen molar-refractivity contribution >= 4 is 17.2 Å². The van der Waals surface area contributed by atoms with Crippen LogP contribution in [0.25, 0.3) is 16.3 Å². The summed E-state index contributed by atoms with van der Waals surface area (Å²) in [4.78, 5) is 13.3. The summed E-state index contributed by atoms with van der Waals surface area (Å²) >= 11 is 1.44. The maximum Gasteiger partial charge on any atom is 0.271 e. The number of ether oxygens (including phenoxy) is 1. The second-order valence-electron chi connectivity index (χ2n) is 6.24. The summed E-state index contributed by atoms with van der Waals surface area (Å²) in [5, 5.41) is 8.97. The molecule has 1 aromatic carbocycles. The van der Waals surface area contributed by atoms with E-state index in [2.05, 4.69) is 10.4 Å². The topological polar surface area (TPSA) is 56.1 Å². The number of carbonyl (C=O) groups excluding carboxylic acids is 1. The molecule has 1 aliphatic heterocycles. The number of nitrogens with one attached hydrogen (secondary N) is 1. The number of thiophene rings is 1. The van der Waals surface area contributed by atoms with E-state index in [4.69, 9.17) is 4.74 Å². The highest BCUT2D eigenvalue weighted by atomic mass is 32.1. The third kappa shape index (κ3) is 3.77. The molecule has 5 nitrogen and oxygen atoms in total. The van der Waals surface area contributed by atoms with Crippen LogP contribution in [0.2, 0.25) is 0 Å². The van der Waals surface area contributed by atoms with E-state index in [1.54, 1.807) is 6.07 Å². The molecule has 1 atom stereocenters. The summed E-state index contributed by atoms with van der Waals surface area (Å²) in [6.07, 6.45) is 1.92. The monoisotopic (exact) mass is 389 g/mol. The minimum absolute atomic E-state index is 0.0161. The Balaban J connectivity index is 1.66. The Bertz CT molecular complexity index is 950. The van der Waals surface area contributed by atoms with Crippen molar-refractivity contribution in [2.75, 3.05) is 13.2 Å². The van der Waals surface area contributed by atoms with Gasteiger partial charge in [-0.3, -0.25) is 4.79 Å². The fourth-order valence-electron chi connectivity index (χ4n) is 3.03. The molecule has 8 heteroatoms. The molecule has 0 bridgehead atoms. The molecule has 0 radical (unpaired) electrons. The molecule has 1 saturated heterocycles. The van der Waals surface area contributed by atoms with Crippen molar-refractivity contribution < 1.29 is 18.3 Å². The van der Waals surface area contributed by atoms with Crippen LogP contribution >= 0.6 is 11.3 Å². The highest BCUT2D eigenvalue weighted by Crippen LogP contribution is 2.29. The molecule has 1 amide bonds. The van der Waals surface area contributed by atoms with Crippen molar-refractivity contribution in [2.24, 2.45) is 0 Å². The minimum Gasteiger partial charge on any atom is -0.376 e. The molecule has 1 N–H and O–H groups in total. The number of hydrogen-bond donors (Lipinski definition) is 1. The molecule has 4 rings (SSSR count). The Morgan fingerprint density at radius 1 is 1.33 bits per heavy atom. The molecule has 1 fully saturated rings. The van der Waals surface area contributed by atoms with Crippen LogP contribution in [-0.4, -0.2) is 34.9 Å². The highest BCUT2D eigenvalue weighted by molar-refractivity contribution is 7.13. The SMILES string of the molecule is O=C(NC[C@@H]1CCCO1)c1cc(-c2cccs2)n(-c2ccc(F)cc2F)n1. The van der Waals surface area contributed by atoms with Gasteiger partial charge in [0.25, 0.3) is 5.91 Å². The van der Waals surface area contributed by atoms with Gasteiger partial charge in [-0.25, -0.2) is 13.5 Å². The molecule has 0 spiro atoms. The van der Waals surface area contributed by atoms with E-state index in [0.717, 1.165) is 29.9 Å². The normalized spacial score (nSPS) is 16.6. The van der Waals surface area contributed by atoms with Crippen LogP contribution in [0.3, 0.4) is 0 Å². The molecule has 0 unspecified atom stereocenters. The second-order valence-corrected chi connectivity index (χ2v) is 7.19. The van der Waals surface area contributed by atoms with Crippen LogP contribution in [0.15, 0.2) is 41.8 Å². The van der Waals surface area contributed by atoms with E-state index < -0.39 is 11.6 Å². The summed E-state index contributed by atoms with van der Waals surface area (Å²) in [6.45, 7) is 1.12. The molecular weight excluding hydrogens is 372 g/mol.